The van der Waals surface area contributed by atoms with Gasteiger partial charge < -0.3 is 24.8 Å². The van der Waals surface area contributed by atoms with Crippen molar-refractivity contribution >= 4 is 11.8 Å². The number of carbonyl (C=O) groups excluding carboxylic acids is 2. The number of benzene rings is 1. The molecule has 158 valence electrons. The van der Waals surface area contributed by atoms with E-state index in [-0.39, 0.29) is 18.2 Å². The van der Waals surface area contributed by atoms with Crippen LogP contribution in [-0.2, 0) is 16.0 Å². The Hall–Kier alpha value is -3.62. The summed E-state index contributed by atoms with van der Waals surface area (Å²) in [5.41, 5.74) is 1.19. The summed E-state index contributed by atoms with van der Waals surface area (Å²) in [6, 6.07) is 7.66. The fraction of sp³-hybridized carbons (Fsp3) is 0.286. The zero-order chi connectivity index (χ0) is 21.7. The van der Waals surface area contributed by atoms with Gasteiger partial charge in [0.1, 0.15) is 23.1 Å². The van der Waals surface area contributed by atoms with E-state index < -0.39 is 23.7 Å². The van der Waals surface area contributed by atoms with E-state index in [2.05, 4.69) is 22.2 Å². The van der Waals surface area contributed by atoms with E-state index in [1.807, 2.05) is 0 Å². The number of hydrogen-bond acceptors (Lipinski definition) is 6. The van der Waals surface area contributed by atoms with Crippen molar-refractivity contribution in [3.8, 4) is 17.4 Å². The van der Waals surface area contributed by atoms with Crippen molar-refractivity contribution in [2.24, 2.45) is 0 Å². The number of nitrogens with zero attached hydrogens (tertiary/aromatic N) is 1. The molecule has 1 aliphatic rings. The standard InChI is InChI=1S/C21H22FN3O5/c1-12-4-5-14(10-15(12)22)29-11-19(26)23-13(2)24-21(27)18-7-6-16-17(30-18)8-9-20(25-16)28-3/h4-5,8-10,18H,2,6-7,11H2,1,3H3,(H,23,26)(H,24,27)/t18-/m1/s1. The van der Waals surface area contributed by atoms with Crippen LogP contribution >= 0.6 is 0 Å². The quantitative estimate of drug-likeness (QED) is 0.718. The van der Waals surface area contributed by atoms with Gasteiger partial charge in [0.05, 0.1) is 12.8 Å². The normalized spacial score (nSPS) is 14.7. The molecule has 0 unspecified atom stereocenters. The van der Waals surface area contributed by atoms with Gasteiger partial charge in [-0.15, -0.1) is 0 Å². The second-order valence-electron chi connectivity index (χ2n) is 6.66. The highest BCUT2D eigenvalue weighted by atomic mass is 19.1. The van der Waals surface area contributed by atoms with Crippen LogP contribution in [0.3, 0.4) is 0 Å². The van der Waals surface area contributed by atoms with Crippen LogP contribution in [0.25, 0.3) is 0 Å². The predicted molar refractivity (Wildman–Crippen MR) is 106 cm³/mol. The minimum absolute atomic E-state index is 0.00839. The molecule has 2 N–H and O–H groups in total. The van der Waals surface area contributed by atoms with Gasteiger partial charge in [0.25, 0.3) is 11.8 Å². The van der Waals surface area contributed by atoms with E-state index in [9.17, 15) is 14.0 Å². The van der Waals surface area contributed by atoms with Crippen LogP contribution in [0.1, 0.15) is 17.7 Å². The maximum absolute atomic E-state index is 13.5. The first-order valence-corrected chi connectivity index (χ1v) is 9.25. The monoisotopic (exact) mass is 415 g/mol. The third-order valence-electron chi connectivity index (χ3n) is 4.40. The number of ether oxygens (including phenoxy) is 3. The number of halogens is 1. The van der Waals surface area contributed by atoms with Crippen LogP contribution in [0.15, 0.2) is 42.7 Å². The van der Waals surface area contributed by atoms with Crippen molar-refractivity contribution in [3.05, 3.63) is 59.8 Å². The predicted octanol–water partition coefficient (Wildman–Crippen LogP) is 2.01. The van der Waals surface area contributed by atoms with E-state index in [4.69, 9.17) is 14.2 Å². The molecule has 2 heterocycles. The molecule has 0 bridgehead atoms. The summed E-state index contributed by atoms with van der Waals surface area (Å²) in [5, 5.41) is 4.91. The molecule has 2 amide bonds. The number of fused-ring (bicyclic) bond motifs is 1. The topological polar surface area (TPSA) is 98.8 Å². The van der Waals surface area contributed by atoms with Gasteiger partial charge in [0.15, 0.2) is 12.7 Å². The van der Waals surface area contributed by atoms with Gasteiger partial charge in [-0.05, 0) is 37.5 Å². The minimum Gasteiger partial charge on any atom is -0.484 e. The number of carbonyl (C=O) groups is 2. The lowest BCUT2D eigenvalue weighted by atomic mass is 10.1. The smallest absolute Gasteiger partial charge is 0.266 e. The zero-order valence-corrected chi connectivity index (χ0v) is 16.7. The van der Waals surface area contributed by atoms with Crippen molar-refractivity contribution in [3.63, 3.8) is 0 Å². The Morgan fingerprint density at radius 3 is 2.83 bits per heavy atom. The number of rotatable bonds is 7. The first-order chi connectivity index (χ1) is 14.4. The van der Waals surface area contributed by atoms with E-state index in [1.165, 1.54) is 13.2 Å². The van der Waals surface area contributed by atoms with E-state index in [1.54, 1.807) is 31.2 Å². The molecular weight excluding hydrogens is 393 g/mol. The Morgan fingerprint density at radius 2 is 2.10 bits per heavy atom. The van der Waals surface area contributed by atoms with E-state index in [0.717, 1.165) is 5.69 Å². The molecule has 1 aromatic heterocycles. The Kier molecular flexibility index (Phi) is 6.51. The fourth-order valence-corrected chi connectivity index (χ4v) is 2.81. The van der Waals surface area contributed by atoms with Crippen LogP contribution in [-0.4, -0.2) is 36.6 Å². The number of pyridine rings is 1. The highest BCUT2D eigenvalue weighted by Crippen LogP contribution is 2.28. The molecule has 1 aliphatic heterocycles. The van der Waals surface area contributed by atoms with Crippen LogP contribution in [0, 0.1) is 12.7 Å². The highest BCUT2D eigenvalue weighted by Gasteiger charge is 2.27. The van der Waals surface area contributed by atoms with Gasteiger partial charge in [-0.1, -0.05) is 12.6 Å². The Morgan fingerprint density at radius 1 is 1.30 bits per heavy atom. The molecule has 0 saturated heterocycles. The molecule has 0 fully saturated rings. The molecule has 8 nitrogen and oxygen atoms in total. The van der Waals surface area contributed by atoms with Gasteiger partial charge >= 0.3 is 0 Å². The fourth-order valence-electron chi connectivity index (χ4n) is 2.81. The molecular formula is C21H22FN3O5. The van der Waals surface area contributed by atoms with Crippen molar-refractivity contribution in [2.75, 3.05) is 13.7 Å². The van der Waals surface area contributed by atoms with Gasteiger partial charge in [-0.2, -0.15) is 0 Å². The summed E-state index contributed by atoms with van der Waals surface area (Å²) in [5.74, 6) is -0.209. The first-order valence-electron chi connectivity index (χ1n) is 9.25. The van der Waals surface area contributed by atoms with Gasteiger partial charge in [0, 0.05) is 12.1 Å². The van der Waals surface area contributed by atoms with Crippen LogP contribution in [0.2, 0.25) is 0 Å². The van der Waals surface area contributed by atoms with E-state index in [0.29, 0.717) is 30.0 Å². The third kappa shape index (κ3) is 5.25. The van der Waals surface area contributed by atoms with Crippen molar-refractivity contribution < 1.29 is 28.2 Å². The number of aryl methyl sites for hydroxylation is 2. The lowest BCUT2D eigenvalue weighted by Crippen LogP contribution is -2.44. The molecule has 0 saturated carbocycles. The Balaban J connectivity index is 1.46. The van der Waals surface area contributed by atoms with Crippen molar-refractivity contribution in [1.29, 1.82) is 0 Å². The number of methoxy groups -OCH3 is 1. The molecule has 0 radical (unpaired) electrons. The summed E-state index contributed by atoms with van der Waals surface area (Å²) in [6.45, 7) is 4.88. The average molecular weight is 415 g/mol. The minimum atomic E-state index is -0.742. The molecule has 9 heteroatoms. The summed E-state index contributed by atoms with van der Waals surface area (Å²) in [6.07, 6.45) is 0.223. The molecule has 2 aromatic rings. The molecule has 0 aliphatic carbocycles. The van der Waals surface area contributed by atoms with Crippen LogP contribution in [0.5, 0.6) is 17.4 Å². The summed E-state index contributed by atoms with van der Waals surface area (Å²) in [7, 11) is 1.53. The van der Waals surface area contributed by atoms with E-state index >= 15 is 0 Å². The summed E-state index contributed by atoms with van der Waals surface area (Å²) >= 11 is 0. The largest absolute Gasteiger partial charge is 0.484 e. The number of amides is 2. The highest BCUT2D eigenvalue weighted by molar-refractivity contribution is 5.85. The first kappa shape index (κ1) is 21.1. The van der Waals surface area contributed by atoms with Crippen molar-refractivity contribution in [1.82, 2.24) is 15.6 Å². The number of aromatic nitrogens is 1. The number of nitrogens with one attached hydrogen (secondary N) is 2. The lowest BCUT2D eigenvalue weighted by molar-refractivity contribution is -0.128. The average Bonchev–Trinajstić information content (AvgIpc) is 2.73. The van der Waals surface area contributed by atoms with Gasteiger partial charge in [-0.25, -0.2) is 9.37 Å². The molecule has 0 spiro atoms. The zero-order valence-electron chi connectivity index (χ0n) is 16.7. The van der Waals surface area contributed by atoms with Gasteiger partial charge in [-0.3, -0.25) is 9.59 Å². The Bertz CT molecular complexity index is 979. The maximum atomic E-state index is 13.5. The molecule has 1 atom stereocenters. The summed E-state index contributed by atoms with van der Waals surface area (Å²) in [4.78, 5) is 28.7. The van der Waals surface area contributed by atoms with Crippen molar-refractivity contribution in [2.45, 2.75) is 25.9 Å². The lowest BCUT2D eigenvalue weighted by Gasteiger charge is -2.25. The molecule has 3 rings (SSSR count). The third-order valence-corrected chi connectivity index (χ3v) is 4.40. The second-order valence-corrected chi connectivity index (χ2v) is 6.66. The summed E-state index contributed by atoms with van der Waals surface area (Å²) < 4.78 is 29.5. The van der Waals surface area contributed by atoms with Crippen LogP contribution < -0.4 is 24.8 Å². The van der Waals surface area contributed by atoms with Gasteiger partial charge in [0.2, 0.25) is 5.88 Å². The van der Waals surface area contributed by atoms with Crippen LogP contribution in [0.4, 0.5) is 4.39 Å². The maximum Gasteiger partial charge on any atom is 0.266 e. The molecule has 1 aromatic carbocycles. The number of hydrogen-bond donors (Lipinski definition) is 2. The molecule has 30 heavy (non-hydrogen) atoms. The SMILES string of the molecule is C=C(NC(=O)COc1ccc(C)c(F)c1)NC(=O)[C@H]1CCc2nc(OC)ccc2O1. The second kappa shape index (κ2) is 9.25. The Labute approximate surface area is 173 Å².